The fraction of sp³-hybridized carbons (Fsp3) is 0.136. The Hall–Kier alpha value is -3.12. The molecule has 0 aliphatic rings. The first-order valence-corrected chi connectivity index (χ1v) is 10.4. The lowest BCUT2D eigenvalue weighted by molar-refractivity contribution is 0.0954. The van der Waals surface area contributed by atoms with E-state index in [1.165, 1.54) is 6.07 Å². The second-order valence-corrected chi connectivity index (χ2v) is 8.09. The summed E-state index contributed by atoms with van der Waals surface area (Å²) >= 11 is 0. The lowest BCUT2D eigenvalue weighted by Crippen LogP contribution is -2.26. The minimum atomic E-state index is -3.79. The minimum Gasteiger partial charge on any atom is -0.352 e. The normalized spacial score (nSPS) is 11.0. The average molecular weight is 394 g/mol. The number of benzene rings is 3. The zero-order valence-corrected chi connectivity index (χ0v) is 16.4. The molecular formula is C22H22N2O3S. The summed E-state index contributed by atoms with van der Waals surface area (Å²) in [5, 5.41) is 2.84. The molecule has 3 aromatic rings. The van der Waals surface area contributed by atoms with Crippen LogP contribution in [0.3, 0.4) is 0 Å². The highest BCUT2D eigenvalue weighted by molar-refractivity contribution is 7.92. The van der Waals surface area contributed by atoms with Crippen LogP contribution in [0.1, 0.15) is 21.5 Å². The van der Waals surface area contributed by atoms with Gasteiger partial charge in [0.25, 0.3) is 15.9 Å². The van der Waals surface area contributed by atoms with E-state index in [2.05, 4.69) is 10.0 Å². The highest BCUT2D eigenvalue weighted by Crippen LogP contribution is 2.20. The molecular weight excluding hydrogens is 372 g/mol. The van der Waals surface area contributed by atoms with Gasteiger partial charge in [-0.1, -0.05) is 54.6 Å². The Morgan fingerprint density at radius 2 is 1.54 bits per heavy atom. The summed E-state index contributed by atoms with van der Waals surface area (Å²) in [6.07, 6.45) is 0.707. The fourth-order valence-corrected chi connectivity index (χ4v) is 4.14. The van der Waals surface area contributed by atoms with E-state index in [1.807, 2.05) is 36.4 Å². The maximum atomic E-state index is 12.8. The molecule has 0 saturated heterocycles. The molecule has 1 amide bonds. The Morgan fingerprint density at radius 1 is 0.893 bits per heavy atom. The molecule has 0 spiro atoms. The molecule has 0 unspecified atom stereocenters. The van der Waals surface area contributed by atoms with Gasteiger partial charge in [-0.15, -0.1) is 0 Å². The number of nitrogens with one attached hydrogen (secondary N) is 2. The van der Waals surface area contributed by atoms with Crippen LogP contribution in [0.5, 0.6) is 0 Å². The molecule has 28 heavy (non-hydrogen) atoms. The number of sulfonamides is 1. The molecule has 0 fully saturated rings. The van der Waals surface area contributed by atoms with Crippen molar-refractivity contribution < 1.29 is 13.2 Å². The van der Waals surface area contributed by atoms with Gasteiger partial charge in [-0.25, -0.2) is 8.42 Å². The maximum Gasteiger partial charge on any atom is 0.262 e. The van der Waals surface area contributed by atoms with Gasteiger partial charge in [0.2, 0.25) is 0 Å². The van der Waals surface area contributed by atoms with Gasteiger partial charge >= 0.3 is 0 Å². The van der Waals surface area contributed by atoms with Gasteiger partial charge in [0.15, 0.2) is 0 Å². The van der Waals surface area contributed by atoms with E-state index in [-0.39, 0.29) is 10.8 Å². The van der Waals surface area contributed by atoms with E-state index in [9.17, 15) is 13.2 Å². The van der Waals surface area contributed by atoms with Crippen LogP contribution in [0, 0.1) is 6.92 Å². The third kappa shape index (κ3) is 4.98. The molecule has 0 saturated carbocycles. The number of anilines is 1. The van der Waals surface area contributed by atoms with Crippen LogP contribution >= 0.6 is 0 Å². The van der Waals surface area contributed by atoms with Gasteiger partial charge in [0.1, 0.15) is 0 Å². The van der Waals surface area contributed by atoms with Crippen LogP contribution in [0.2, 0.25) is 0 Å². The summed E-state index contributed by atoms with van der Waals surface area (Å²) in [6, 6.07) is 23.2. The fourth-order valence-electron chi connectivity index (χ4n) is 2.81. The maximum absolute atomic E-state index is 12.8. The summed E-state index contributed by atoms with van der Waals surface area (Å²) in [5.74, 6) is -0.299. The van der Waals surface area contributed by atoms with Crippen LogP contribution in [-0.4, -0.2) is 20.9 Å². The number of aryl methyl sites for hydroxylation is 1. The van der Waals surface area contributed by atoms with E-state index in [4.69, 9.17) is 0 Å². The monoisotopic (exact) mass is 394 g/mol. The summed E-state index contributed by atoms with van der Waals surface area (Å²) in [4.78, 5) is 12.5. The van der Waals surface area contributed by atoms with Crippen molar-refractivity contribution in [3.05, 3.63) is 95.6 Å². The second-order valence-electron chi connectivity index (χ2n) is 6.44. The first-order valence-electron chi connectivity index (χ1n) is 8.96. The van der Waals surface area contributed by atoms with Crippen molar-refractivity contribution in [2.45, 2.75) is 18.2 Å². The predicted molar refractivity (Wildman–Crippen MR) is 111 cm³/mol. The molecule has 0 atom stereocenters. The standard InChI is InChI=1S/C22H22N2O3S/c1-17-12-13-19(22(25)23-15-14-18-8-4-2-5-9-18)16-21(17)28(26,27)24-20-10-6-3-7-11-20/h2-13,16,24H,14-15H2,1H3,(H,23,25). The summed E-state index contributed by atoms with van der Waals surface area (Å²) in [6.45, 7) is 2.18. The Kier molecular flexibility index (Phi) is 6.11. The number of amides is 1. The molecule has 2 N–H and O–H groups in total. The van der Waals surface area contributed by atoms with Crippen LogP contribution in [0.15, 0.2) is 83.8 Å². The topological polar surface area (TPSA) is 75.3 Å². The Labute approximate surface area is 165 Å². The Bertz CT molecular complexity index is 1050. The third-order valence-electron chi connectivity index (χ3n) is 4.31. The van der Waals surface area contributed by atoms with Gasteiger partial charge < -0.3 is 5.32 Å². The number of carbonyl (C=O) groups excluding carboxylic acids is 1. The van der Waals surface area contributed by atoms with Crippen molar-refractivity contribution >= 4 is 21.6 Å². The van der Waals surface area contributed by atoms with E-state index in [0.29, 0.717) is 29.8 Å². The molecule has 0 aromatic heterocycles. The van der Waals surface area contributed by atoms with Crippen LogP contribution < -0.4 is 10.0 Å². The molecule has 3 aromatic carbocycles. The molecule has 0 aliphatic heterocycles. The smallest absolute Gasteiger partial charge is 0.262 e. The number of carbonyl (C=O) groups is 1. The molecule has 6 heteroatoms. The first kappa shape index (κ1) is 19.6. The van der Waals surface area contributed by atoms with Crippen molar-refractivity contribution in [1.82, 2.24) is 5.32 Å². The van der Waals surface area contributed by atoms with Crippen LogP contribution in [0.25, 0.3) is 0 Å². The average Bonchev–Trinajstić information content (AvgIpc) is 2.69. The molecule has 0 heterocycles. The van der Waals surface area contributed by atoms with Crippen molar-refractivity contribution in [2.75, 3.05) is 11.3 Å². The van der Waals surface area contributed by atoms with Crippen molar-refractivity contribution in [3.8, 4) is 0 Å². The van der Waals surface area contributed by atoms with Gasteiger partial charge in [-0.3, -0.25) is 9.52 Å². The molecule has 0 bridgehead atoms. The van der Waals surface area contributed by atoms with Gasteiger partial charge in [-0.05, 0) is 48.7 Å². The van der Waals surface area contributed by atoms with Gasteiger partial charge in [0, 0.05) is 17.8 Å². The minimum absolute atomic E-state index is 0.0899. The van der Waals surface area contributed by atoms with Crippen molar-refractivity contribution in [2.24, 2.45) is 0 Å². The van der Waals surface area contributed by atoms with E-state index >= 15 is 0 Å². The first-order chi connectivity index (χ1) is 13.5. The third-order valence-corrected chi connectivity index (χ3v) is 5.83. The molecule has 5 nitrogen and oxygen atoms in total. The second kappa shape index (κ2) is 8.71. The number of para-hydroxylation sites is 1. The number of hydrogen-bond donors (Lipinski definition) is 2. The lowest BCUT2D eigenvalue weighted by Gasteiger charge is -2.12. The van der Waals surface area contributed by atoms with Crippen LogP contribution in [0.4, 0.5) is 5.69 Å². The van der Waals surface area contributed by atoms with Crippen molar-refractivity contribution in [3.63, 3.8) is 0 Å². The van der Waals surface area contributed by atoms with Gasteiger partial charge in [0.05, 0.1) is 4.90 Å². The predicted octanol–water partition coefficient (Wildman–Crippen LogP) is 3.77. The summed E-state index contributed by atoms with van der Waals surface area (Å²) < 4.78 is 28.1. The summed E-state index contributed by atoms with van der Waals surface area (Å²) in [7, 11) is -3.79. The Morgan fingerprint density at radius 3 is 2.21 bits per heavy atom. The van der Waals surface area contributed by atoms with E-state index in [1.54, 1.807) is 43.3 Å². The molecule has 0 aliphatic carbocycles. The SMILES string of the molecule is Cc1ccc(C(=O)NCCc2ccccc2)cc1S(=O)(=O)Nc1ccccc1. The lowest BCUT2D eigenvalue weighted by atomic mass is 10.1. The molecule has 3 rings (SSSR count). The summed E-state index contributed by atoms with van der Waals surface area (Å²) in [5.41, 5.74) is 2.48. The zero-order chi connectivity index (χ0) is 20.0. The number of hydrogen-bond acceptors (Lipinski definition) is 3. The van der Waals surface area contributed by atoms with Crippen LogP contribution in [-0.2, 0) is 16.4 Å². The molecule has 144 valence electrons. The zero-order valence-electron chi connectivity index (χ0n) is 15.6. The van der Waals surface area contributed by atoms with E-state index < -0.39 is 10.0 Å². The quantitative estimate of drug-likeness (QED) is 0.641. The number of rotatable bonds is 7. The highest BCUT2D eigenvalue weighted by atomic mass is 32.2. The molecule has 0 radical (unpaired) electrons. The Balaban J connectivity index is 1.72. The van der Waals surface area contributed by atoms with E-state index in [0.717, 1.165) is 5.56 Å². The van der Waals surface area contributed by atoms with Crippen molar-refractivity contribution in [1.29, 1.82) is 0 Å². The largest absolute Gasteiger partial charge is 0.352 e. The highest BCUT2D eigenvalue weighted by Gasteiger charge is 2.19. The van der Waals surface area contributed by atoms with Gasteiger partial charge in [-0.2, -0.15) is 0 Å².